The molecule has 0 aliphatic carbocycles. The lowest BCUT2D eigenvalue weighted by Crippen LogP contribution is -2.02. The predicted octanol–water partition coefficient (Wildman–Crippen LogP) is 1.37. The molecule has 0 spiro atoms. The van der Waals surface area contributed by atoms with Gasteiger partial charge in [0.1, 0.15) is 11.6 Å². The van der Waals surface area contributed by atoms with E-state index >= 15 is 0 Å². The highest BCUT2D eigenvalue weighted by Gasteiger charge is 2.06. The predicted molar refractivity (Wildman–Crippen MR) is 48.9 cm³/mol. The third kappa shape index (κ3) is 1.12. The maximum absolute atomic E-state index is 11.1. The van der Waals surface area contributed by atoms with Gasteiger partial charge in [-0.1, -0.05) is 12.1 Å². The molecule has 68 valence electrons. The molecule has 0 unspecified atom stereocenters. The van der Waals surface area contributed by atoms with Crippen molar-refractivity contribution in [3.05, 3.63) is 40.2 Å². The molecule has 1 aromatic heterocycles. The molecule has 4 heteroatoms. The van der Waals surface area contributed by atoms with Crippen LogP contribution in [0.15, 0.2) is 33.5 Å². The molecule has 0 saturated carbocycles. The van der Waals surface area contributed by atoms with Crippen LogP contribution < -0.4 is 5.63 Å². The summed E-state index contributed by atoms with van der Waals surface area (Å²) in [5.41, 5.74) is -0.693. The van der Waals surface area contributed by atoms with Crippen LogP contribution in [0.5, 0.6) is 5.75 Å². The summed E-state index contributed by atoms with van der Waals surface area (Å²) in [5.74, 6) is -0.107. The van der Waals surface area contributed by atoms with E-state index in [4.69, 9.17) is 9.68 Å². The van der Waals surface area contributed by atoms with Gasteiger partial charge in [-0.2, -0.15) is 5.26 Å². The average Bonchev–Trinajstić information content (AvgIpc) is 2.19. The van der Waals surface area contributed by atoms with E-state index in [1.807, 2.05) is 0 Å². The molecule has 0 radical (unpaired) electrons. The molecule has 0 atom stereocenters. The zero-order chi connectivity index (χ0) is 10.1. The van der Waals surface area contributed by atoms with E-state index in [1.165, 1.54) is 12.1 Å². The van der Waals surface area contributed by atoms with E-state index in [0.717, 1.165) is 0 Å². The fourth-order valence-corrected chi connectivity index (χ4v) is 1.21. The first-order valence-corrected chi connectivity index (χ1v) is 3.88. The van der Waals surface area contributed by atoms with Crippen molar-refractivity contribution in [2.75, 3.05) is 0 Å². The molecule has 0 amide bonds. The Morgan fingerprint density at radius 2 is 2.21 bits per heavy atom. The third-order valence-corrected chi connectivity index (χ3v) is 1.86. The van der Waals surface area contributed by atoms with Crippen LogP contribution in [0.2, 0.25) is 0 Å². The summed E-state index contributed by atoms with van der Waals surface area (Å²) >= 11 is 0. The minimum absolute atomic E-state index is 0.0666. The topological polar surface area (TPSA) is 74.2 Å². The van der Waals surface area contributed by atoms with E-state index in [2.05, 4.69) is 0 Å². The minimum atomic E-state index is -0.735. The standard InChI is InChI=1S/C10H5NO3/c11-5-7-4-6-2-1-3-8(12)9(6)14-10(7)13/h1-4,12H. The van der Waals surface area contributed by atoms with Crippen molar-refractivity contribution in [1.29, 1.82) is 5.26 Å². The molecule has 1 N–H and O–H groups in total. The van der Waals surface area contributed by atoms with Gasteiger partial charge < -0.3 is 9.52 Å². The second-order valence-corrected chi connectivity index (χ2v) is 2.75. The van der Waals surface area contributed by atoms with Crippen LogP contribution in [-0.2, 0) is 0 Å². The largest absolute Gasteiger partial charge is 0.504 e. The molecule has 0 fully saturated rings. The number of aromatic hydroxyl groups is 1. The molecule has 2 aromatic rings. The highest BCUT2D eigenvalue weighted by molar-refractivity contribution is 5.82. The Labute approximate surface area is 78.6 Å². The molecule has 1 heterocycles. The van der Waals surface area contributed by atoms with Crippen LogP contribution >= 0.6 is 0 Å². The molecule has 0 aliphatic rings. The van der Waals surface area contributed by atoms with Crippen LogP contribution in [0, 0.1) is 11.3 Å². The minimum Gasteiger partial charge on any atom is -0.504 e. The van der Waals surface area contributed by atoms with Gasteiger partial charge in [0.2, 0.25) is 0 Å². The zero-order valence-corrected chi connectivity index (χ0v) is 7.02. The average molecular weight is 187 g/mol. The smallest absolute Gasteiger partial charge is 0.354 e. The molecule has 0 aliphatic heterocycles. The first-order chi connectivity index (χ1) is 6.72. The van der Waals surface area contributed by atoms with Crippen molar-refractivity contribution in [3.8, 4) is 11.8 Å². The van der Waals surface area contributed by atoms with E-state index in [1.54, 1.807) is 18.2 Å². The highest BCUT2D eigenvalue weighted by atomic mass is 16.4. The lowest BCUT2D eigenvalue weighted by atomic mass is 10.2. The van der Waals surface area contributed by atoms with Gasteiger partial charge in [0.15, 0.2) is 11.3 Å². The number of phenols is 1. The Kier molecular flexibility index (Phi) is 1.72. The van der Waals surface area contributed by atoms with Crippen LogP contribution in [0.4, 0.5) is 0 Å². The summed E-state index contributed by atoms with van der Waals surface area (Å²) in [4.78, 5) is 11.1. The fourth-order valence-electron chi connectivity index (χ4n) is 1.21. The van der Waals surface area contributed by atoms with Gasteiger partial charge >= 0.3 is 5.63 Å². The normalized spacial score (nSPS) is 9.93. The first kappa shape index (κ1) is 8.32. The molecule has 0 saturated heterocycles. The van der Waals surface area contributed by atoms with Crippen LogP contribution in [0.25, 0.3) is 11.0 Å². The molecule has 4 nitrogen and oxygen atoms in total. The van der Waals surface area contributed by atoms with E-state index in [-0.39, 0.29) is 16.9 Å². The Balaban J connectivity index is 2.95. The SMILES string of the molecule is N#Cc1cc2cccc(O)c2oc1=O. The van der Waals surface area contributed by atoms with E-state index in [0.29, 0.717) is 5.39 Å². The van der Waals surface area contributed by atoms with Crippen molar-refractivity contribution in [2.45, 2.75) is 0 Å². The molecular weight excluding hydrogens is 182 g/mol. The second-order valence-electron chi connectivity index (χ2n) is 2.75. The van der Waals surface area contributed by atoms with Crippen molar-refractivity contribution in [1.82, 2.24) is 0 Å². The van der Waals surface area contributed by atoms with Crippen LogP contribution in [-0.4, -0.2) is 5.11 Å². The Hall–Kier alpha value is -2.28. The highest BCUT2D eigenvalue weighted by Crippen LogP contribution is 2.22. The van der Waals surface area contributed by atoms with Crippen LogP contribution in [0.1, 0.15) is 5.56 Å². The van der Waals surface area contributed by atoms with Gasteiger partial charge in [-0.25, -0.2) is 4.79 Å². The maximum atomic E-state index is 11.1. The number of hydrogen-bond acceptors (Lipinski definition) is 4. The number of para-hydroxylation sites is 1. The van der Waals surface area contributed by atoms with E-state index < -0.39 is 5.63 Å². The monoisotopic (exact) mass is 187 g/mol. The number of fused-ring (bicyclic) bond motifs is 1. The Morgan fingerprint density at radius 1 is 1.43 bits per heavy atom. The number of hydrogen-bond donors (Lipinski definition) is 1. The number of phenolic OH excluding ortho intramolecular Hbond substituents is 1. The van der Waals surface area contributed by atoms with Crippen molar-refractivity contribution < 1.29 is 9.52 Å². The van der Waals surface area contributed by atoms with Crippen molar-refractivity contribution in [2.24, 2.45) is 0 Å². The van der Waals surface area contributed by atoms with Crippen molar-refractivity contribution >= 4 is 11.0 Å². The summed E-state index contributed by atoms with van der Waals surface area (Å²) in [7, 11) is 0. The van der Waals surface area contributed by atoms with Gasteiger partial charge in [-0.15, -0.1) is 0 Å². The van der Waals surface area contributed by atoms with Gasteiger partial charge in [0.05, 0.1) is 0 Å². The van der Waals surface area contributed by atoms with Gasteiger partial charge in [-0.05, 0) is 12.1 Å². The second kappa shape index (κ2) is 2.89. The van der Waals surface area contributed by atoms with Crippen molar-refractivity contribution in [3.63, 3.8) is 0 Å². The Morgan fingerprint density at radius 3 is 2.93 bits per heavy atom. The quantitative estimate of drug-likeness (QED) is 0.632. The van der Waals surface area contributed by atoms with Gasteiger partial charge in [0, 0.05) is 5.39 Å². The fraction of sp³-hybridized carbons (Fsp3) is 0. The summed E-state index contributed by atoms with van der Waals surface area (Å²) in [6.45, 7) is 0. The Bertz CT molecular complexity index is 592. The molecule has 1 aromatic carbocycles. The number of nitrogens with zero attached hydrogens (tertiary/aromatic N) is 1. The number of rotatable bonds is 0. The summed E-state index contributed by atoms with van der Waals surface area (Å²) < 4.78 is 4.79. The summed E-state index contributed by atoms with van der Waals surface area (Å²) in [5, 5.41) is 18.4. The molecule has 14 heavy (non-hydrogen) atoms. The zero-order valence-electron chi connectivity index (χ0n) is 7.02. The molecule has 0 bridgehead atoms. The number of nitriles is 1. The van der Waals surface area contributed by atoms with E-state index in [9.17, 15) is 9.90 Å². The van der Waals surface area contributed by atoms with Gasteiger partial charge in [0.25, 0.3) is 0 Å². The summed E-state index contributed by atoms with van der Waals surface area (Å²) in [6.07, 6.45) is 0. The molecular formula is C10H5NO3. The molecule has 2 rings (SSSR count). The maximum Gasteiger partial charge on any atom is 0.354 e. The summed E-state index contributed by atoms with van der Waals surface area (Å²) in [6, 6.07) is 7.78. The van der Waals surface area contributed by atoms with Crippen LogP contribution in [0.3, 0.4) is 0 Å². The van der Waals surface area contributed by atoms with Gasteiger partial charge in [-0.3, -0.25) is 0 Å². The third-order valence-electron chi connectivity index (χ3n) is 1.86. The lowest BCUT2D eigenvalue weighted by Gasteiger charge is -1.97. The number of benzene rings is 1. The first-order valence-electron chi connectivity index (χ1n) is 3.88. The lowest BCUT2D eigenvalue weighted by molar-refractivity contribution is 0.457.